The molecule has 37 heavy (non-hydrogen) atoms. The Bertz CT molecular complexity index is 1320. The topological polar surface area (TPSA) is 112 Å². The summed E-state index contributed by atoms with van der Waals surface area (Å²) in [6.45, 7) is 8.76. The number of aryl methyl sites for hydroxylation is 1. The fourth-order valence-electron chi connectivity index (χ4n) is 6.07. The first-order valence-corrected chi connectivity index (χ1v) is 13.5. The lowest BCUT2D eigenvalue weighted by molar-refractivity contribution is -0.131. The van der Waals surface area contributed by atoms with E-state index in [1.54, 1.807) is 19.1 Å². The van der Waals surface area contributed by atoms with Gasteiger partial charge in [-0.15, -0.1) is 0 Å². The van der Waals surface area contributed by atoms with Crippen LogP contribution >= 0.6 is 0 Å². The van der Waals surface area contributed by atoms with Crippen LogP contribution < -0.4 is 10.9 Å². The van der Waals surface area contributed by atoms with Gasteiger partial charge in [0, 0.05) is 37.3 Å². The minimum absolute atomic E-state index is 0.0437. The summed E-state index contributed by atoms with van der Waals surface area (Å²) in [4.78, 5) is 44.1. The molecule has 2 amide bonds. The monoisotopic (exact) mass is 510 g/mol. The van der Waals surface area contributed by atoms with Gasteiger partial charge < -0.3 is 20.2 Å². The molecule has 2 aliphatic heterocycles. The molecule has 1 atom stereocenters. The van der Waals surface area contributed by atoms with Crippen molar-refractivity contribution in [2.45, 2.75) is 77.4 Å². The van der Waals surface area contributed by atoms with Gasteiger partial charge in [0.25, 0.3) is 11.5 Å². The number of likely N-dealkylation sites (N-methyl/N-ethyl adjacent to an activating group) is 1. The summed E-state index contributed by atoms with van der Waals surface area (Å²) in [6.07, 6.45) is 9.12. The maximum Gasteiger partial charge on any atom is 0.270 e. The molecular weight excluding hydrogens is 472 g/mol. The molecule has 10 nitrogen and oxygen atoms in total. The highest BCUT2D eigenvalue weighted by Gasteiger charge is 2.44. The summed E-state index contributed by atoms with van der Waals surface area (Å²) in [5, 5.41) is 18.3. The van der Waals surface area contributed by atoms with Gasteiger partial charge in [-0.1, -0.05) is 13.8 Å². The van der Waals surface area contributed by atoms with Crippen molar-refractivity contribution in [1.82, 2.24) is 29.3 Å². The van der Waals surface area contributed by atoms with Crippen molar-refractivity contribution in [2.75, 3.05) is 26.7 Å². The predicted octanol–water partition coefficient (Wildman–Crippen LogP) is 2.16. The maximum atomic E-state index is 13.5. The molecule has 1 aliphatic carbocycles. The minimum atomic E-state index is -0.582. The number of carbonyl (C=O) groups excluding carboxylic acids is 2. The lowest BCUT2D eigenvalue weighted by atomic mass is 9.86. The highest BCUT2D eigenvalue weighted by molar-refractivity contribution is 5.97. The number of rotatable bonds is 6. The summed E-state index contributed by atoms with van der Waals surface area (Å²) >= 11 is 0. The summed E-state index contributed by atoms with van der Waals surface area (Å²) in [5.74, 6) is -1.00. The van der Waals surface area contributed by atoms with Crippen molar-refractivity contribution in [3.8, 4) is 5.88 Å². The molecule has 0 radical (unpaired) electrons. The highest BCUT2D eigenvalue weighted by Crippen LogP contribution is 2.37. The fraction of sp³-hybridized carbons (Fsp3) is 0.630. The van der Waals surface area contributed by atoms with Crippen molar-refractivity contribution >= 4 is 23.5 Å². The van der Waals surface area contributed by atoms with E-state index in [1.807, 2.05) is 18.7 Å². The van der Waals surface area contributed by atoms with Gasteiger partial charge in [0.05, 0.1) is 11.2 Å². The van der Waals surface area contributed by atoms with Crippen molar-refractivity contribution in [1.29, 1.82) is 0 Å². The Morgan fingerprint density at radius 3 is 2.57 bits per heavy atom. The highest BCUT2D eigenvalue weighted by atomic mass is 16.3. The number of nitrogens with one attached hydrogen (secondary N) is 1. The van der Waals surface area contributed by atoms with Crippen LogP contribution in [0.25, 0.3) is 11.7 Å². The van der Waals surface area contributed by atoms with E-state index in [-0.39, 0.29) is 29.0 Å². The van der Waals surface area contributed by atoms with Gasteiger partial charge in [0.2, 0.25) is 11.8 Å². The van der Waals surface area contributed by atoms with E-state index in [4.69, 9.17) is 0 Å². The SMILES string of the molecule is Cc1nn2c(O)c(C(=O)NC3CC3)c(=O)n(CC(C)C)c2c1/C=C/C(=O)N1CCCC12CCCN(C)C2. The summed E-state index contributed by atoms with van der Waals surface area (Å²) in [7, 11) is 2.11. The van der Waals surface area contributed by atoms with Crippen molar-refractivity contribution < 1.29 is 14.7 Å². The van der Waals surface area contributed by atoms with Crippen LogP contribution in [0.4, 0.5) is 0 Å². The second-order valence-corrected chi connectivity index (χ2v) is 11.5. The molecule has 4 heterocycles. The number of piperidine rings is 1. The fourth-order valence-corrected chi connectivity index (χ4v) is 6.07. The summed E-state index contributed by atoms with van der Waals surface area (Å²) in [5.41, 5.74) is 0.561. The van der Waals surface area contributed by atoms with Crippen LogP contribution in [-0.2, 0) is 11.3 Å². The summed E-state index contributed by atoms with van der Waals surface area (Å²) in [6, 6.07) is 0.0437. The number of aromatic hydroxyl groups is 1. The standard InChI is InChI=1S/C27H38N6O4/c1-17(2)15-31-24-20(9-10-21(34)32-14-6-12-27(32)11-5-13-30(4)16-27)18(3)29-33(24)26(37)22(25(31)36)23(35)28-19-7-8-19/h9-10,17,19,37H,5-8,11-16H2,1-4H3,(H,28,35)/b10-9+. The van der Waals surface area contributed by atoms with E-state index in [1.165, 1.54) is 9.08 Å². The third kappa shape index (κ3) is 4.67. The first-order chi connectivity index (χ1) is 17.6. The van der Waals surface area contributed by atoms with Crippen LogP contribution in [0.3, 0.4) is 0 Å². The zero-order chi connectivity index (χ0) is 26.5. The van der Waals surface area contributed by atoms with Gasteiger partial charge >= 0.3 is 0 Å². The average molecular weight is 511 g/mol. The van der Waals surface area contributed by atoms with E-state index in [0.717, 1.165) is 58.2 Å². The molecule has 3 fully saturated rings. The molecule has 2 N–H and O–H groups in total. The first-order valence-electron chi connectivity index (χ1n) is 13.5. The Kier molecular flexibility index (Phi) is 6.64. The van der Waals surface area contributed by atoms with Crippen molar-refractivity contribution in [3.05, 3.63) is 33.3 Å². The van der Waals surface area contributed by atoms with Gasteiger partial charge in [-0.05, 0) is 71.0 Å². The largest absolute Gasteiger partial charge is 0.492 e. The molecule has 0 aromatic carbocycles. The zero-order valence-corrected chi connectivity index (χ0v) is 22.3. The number of amides is 2. The van der Waals surface area contributed by atoms with Crippen LogP contribution in [0.2, 0.25) is 0 Å². The third-order valence-electron chi connectivity index (χ3n) is 7.91. The number of hydrogen-bond acceptors (Lipinski definition) is 6. The second-order valence-electron chi connectivity index (χ2n) is 11.5. The summed E-state index contributed by atoms with van der Waals surface area (Å²) < 4.78 is 2.77. The molecule has 1 saturated carbocycles. The van der Waals surface area contributed by atoms with E-state index >= 15 is 0 Å². The lowest BCUT2D eigenvalue weighted by Gasteiger charge is -2.44. The lowest BCUT2D eigenvalue weighted by Crippen LogP contribution is -2.56. The Balaban J connectivity index is 1.54. The number of aromatic nitrogens is 3. The van der Waals surface area contributed by atoms with Crippen molar-refractivity contribution in [3.63, 3.8) is 0 Å². The molecule has 3 aliphatic rings. The molecule has 2 aromatic rings. The molecule has 10 heteroatoms. The smallest absolute Gasteiger partial charge is 0.270 e. The van der Waals surface area contributed by atoms with Crippen LogP contribution in [0.15, 0.2) is 10.9 Å². The van der Waals surface area contributed by atoms with Crippen LogP contribution in [0, 0.1) is 12.8 Å². The normalized spacial score (nSPS) is 22.7. The molecule has 200 valence electrons. The zero-order valence-electron chi connectivity index (χ0n) is 22.3. The number of likely N-dealkylation sites (tertiary alicyclic amines) is 2. The van der Waals surface area contributed by atoms with E-state index in [2.05, 4.69) is 22.4 Å². The number of carbonyl (C=O) groups is 2. The average Bonchev–Trinajstić information content (AvgIpc) is 3.46. The Hall–Kier alpha value is -3.14. The third-order valence-corrected chi connectivity index (χ3v) is 7.91. The minimum Gasteiger partial charge on any atom is -0.492 e. The molecule has 0 bridgehead atoms. The Morgan fingerprint density at radius 2 is 1.92 bits per heavy atom. The maximum absolute atomic E-state index is 13.5. The van der Waals surface area contributed by atoms with Crippen LogP contribution in [0.5, 0.6) is 5.88 Å². The van der Waals surface area contributed by atoms with Crippen LogP contribution in [-0.4, -0.2) is 79.2 Å². The molecule has 1 unspecified atom stereocenters. The van der Waals surface area contributed by atoms with Gasteiger partial charge in [0.15, 0.2) is 5.56 Å². The Labute approximate surface area is 216 Å². The number of nitrogens with zero attached hydrogens (tertiary/aromatic N) is 5. The van der Waals surface area contributed by atoms with Gasteiger partial charge in [-0.25, -0.2) is 0 Å². The van der Waals surface area contributed by atoms with E-state index < -0.39 is 17.3 Å². The second kappa shape index (κ2) is 9.63. The number of hydrogen-bond donors (Lipinski definition) is 2. The van der Waals surface area contributed by atoms with Gasteiger partial charge in [-0.2, -0.15) is 9.61 Å². The predicted molar refractivity (Wildman–Crippen MR) is 141 cm³/mol. The van der Waals surface area contributed by atoms with Crippen molar-refractivity contribution in [2.24, 2.45) is 5.92 Å². The van der Waals surface area contributed by atoms with E-state index in [9.17, 15) is 19.5 Å². The van der Waals surface area contributed by atoms with Crippen LogP contribution in [0.1, 0.15) is 74.0 Å². The molecule has 2 saturated heterocycles. The Morgan fingerprint density at radius 1 is 1.22 bits per heavy atom. The number of fused-ring (bicyclic) bond motifs is 1. The quantitative estimate of drug-likeness (QED) is 0.576. The molecular formula is C27H38N6O4. The van der Waals surface area contributed by atoms with E-state index in [0.29, 0.717) is 23.4 Å². The molecule has 1 spiro atoms. The molecule has 5 rings (SSSR count). The molecule has 2 aromatic heterocycles. The first kappa shape index (κ1) is 25.5. The van der Waals surface area contributed by atoms with Gasteiger partial charge in [-0.3, -0.25) is 19.0 Å². The van der Waals surface area contributed by atoms with Gasteiger partial charge in [0.1, 0.15) is 5.65 Å².